The molecule has 0 aliphatic carbocycles. The van der Waals surface area contributed by atoms with Crippen molar-refractivity contribution in [3.8, 4) is 11.5 Å². The number of aliphatic imine (C=N–C) groups is 1. The summed E-state index contributed by atoms with van der Waals surface area (Å²) in [6.07, 6.45) is 1.69. The second-order valence-corrected chi connectivity index (χ2v) is 6.51. The maximum absolute atomic E-state index is 10.6. The van der Waals surface area contributed by atoms with Gasteiger partial charge >= 0.3 is 0 Å². The highest BCUT2D eigenvalue weighted by atomic mass is 127. The van der Waals surface area contributed by atoms with Gasteiger partial charge in [0.15, 0.2) is 5.96 Å². The number of halogens is 1. The largest absolute Gasteiger partial charge is 0.497 e. The molecule has 6 nitrogen and oxygen atoms in total. The van der Waals surface area contributed by atoms with E-state index in [1.165, 1.54) is 12.8 Å². The number of rotatable bonds is 6. The minimum atomic E-state index is -0.749. The molecule has 0 saturated carbocycles. The van der Waals surface area contributed by atoms with Crippen LogP contribution in [-0.4, -0.2) is 56.4 Å². The summed E-state index contributed by atoms with van der Waals surface area (Å²) < 4.78 is 10.6. The number of aliphatic hydroxyl groups is 1. The molecule has 1 aromatic carbocycles. The minimum absolute atomic E-state index is 0. The molecule has 1 fully saturated rings. The summed E-state index contributed by atoms with van der Waals surface area (Å²) in [5.74, 6) is 2.87. The first-order chi connectivity index (χ1) is 12.1. The van der Waals surface area contributed by atoms with Crippen LogP contribution in [0.2, 0.25) is 0 Å². The van der Waals surface area contributed by atoms with Crippen LogP contribution in [0.15, 0.2) is 23.2 Å². The molecule has 1 aromatic rings. The summed E-state index contributed by atoms with van der Waals surface area (Å²) in [5.41, 5.74) is 0.688. The normalized spacial score (nSPS) is 18.7. The van der Waals surface area contributed by atoms with E-state index in [1.807, 2.05) is 6.07 Å². The average molecular weight is 477 g/mol. The Bertz CT molecular complexity index is 583. The zero-order chi connectivity index (χ0) is 18.2. The van der Waals surface area contributed by atoms with Crippen molar-refractivity contribution in [3.05, 3.63) is 23.8 Å². The molecular weight excluding hydrogens is 445 g/mol. The molecule has 0 spiro atoms. The Balaban J connectivity index is 0.00000338. The molecule has 2 rings (SSSR count). The molecule has 148 valence electrons. The Morgan fingerprint density at radius 3 is 2.77 bits per heavy atom. The lowest BCUT2D eigenvalue weighted by atomic mass is 10.0. The van der Waals surface area contributed by atoms with Crippen molar-refractivity contribution < 1.29 is 14.6 Å². The molecule has 0 amide bonds. The van der Waals surface area contributed by atoms with E-state index in [4.69, 9.17) is 9.47 Å². The lowest BCUT2D eigenvalue weighted by Crippen LogP contribution is -2.46. The van der Waals surface area contributed by atoms with Gasteiger partial charge in [0.25, 0.3) is 0 Å². The van der Waals surface area contributed by atoms with Crippen LogP contribution in [0.4, 0.5) is 0 Å². The van der Waals surface area contributed by atoms with E-state index in [-0.39, 0.29) is 30.5 Å². The van der Waals surface area contributed by atoms with E-state index in [9.17, 15) is 5.11 Å². The van der Waals surface area contributed by atoms with Crippen molar-refractivity contribution in [3.63, 3.8) is 0 Å². The summed E-state index contributed by atoms with van der Waals surface area (Å²) in [6.45, 7) is 7.42. The summed E-state index contributed by atoms with van der Waals surface area (Å²) in [7, 11) is 3.21. The van der Waals surface area contributed by atoms with E-state index in [1.54, 1.807) is 26.4 Å². The number of ether oxygens (including phenoxy) is 2. The third-order valence-corrected chi connectivity index (χ3v) is 4.50. The fourth-order valence-electron chi connectivity index (χ4n) is 3.18. The van der Waals surface area contributed by atoms with Crippen LogP contribution in [-0.2, 0) is 0 Å². The second-order valence-electron chi connectivity index (χ2n) is 6.51. The van der Waals surface area contributed by atoms with Gasteiger partial charge in [0.05, 0.1) is 20.8 Å². The molecule has 0 bridgehead atoms. The van der Waals surface area contributed by atoms with E-state index in [0.29, 0.717) is 23.0 Å². The number of piperidine rings is 1. The van der Waals surface area contributed by atoms with Crippen LogP contribution < -0.4 is 14.8 Å². The van der Waals surface area contributed by atoms with Crippen molar-refractivity contribution in [1.29, 1.82) is 0 Å². The molecule has 0 aromatic heterocycles. The maximum atomic E-state index is 10.6. The fourth-order valence-corrected chi connectivity index (χ4v) is 3.18. The predicted octanol–water partition coefficient (Wildman–Crippen LogP) is 3.05. The lowest BCUT2D eigenvalue weighted by Gasteiger charge is -2.33. The molecule has 1 aliphatic heterocycles. The molecule has 2 unspecified atom stereocenters. The molecule has 1 saturated heterocycles. The first-order valence-electron chi connectivity index (χ1n) is 9.02. The molecule has 7 heteroatoms. The minimum Gasteiger partial charge on any atom is -0.497 e. The van der Waals surface area contributed by atoms with Gasteiger partial charge in [0.2, 0.25) is 0 Å². The number of guanidine groups is 1. The monoisotopic (exact) mass is 477 g/mol. The Morgan fingerprint density at radius 1 is 1.38 bits per heavy atom. The van der Waals surface area contributed by atoms with Gasteiger partial charge < -0.3 is 24.8 Å². The average Bonchev–Trinajstić information content (AvgIpc) is 2.64. The predicted molar refractivity (Wildman–Crippen MR) is 116 cm³/mol. The number of likely N-dealkylation sites (tertiary alicyclic amines) is 1. The number of nitrogens with one attached hydrogen (secondary N) is 1. The lowest BCUT2D eigenvalue weighted by molar-refractivity contribution is 0.180. The standard InChI is InChI=1S/C19H31N3O3.HI/c1-5-20-19(22-10-6-7-14(2)13-22)21-12-17(23)16-11-15(24-3)8-9-18(16)25-4;/h8-9,11,14,17,23H,5-7,10,12-13H2,1-4H3,(H,20,21);1H. The molecule has 2 N–H and O–H groups in total. The van der Waals surface area contributed by atoms with Gasteiger partial charge in [-0.3, -0.25) is 4.99 Å². The van der Waals surface area contributed by atoms with Crippen molar-refractivity contribution >= 4 is 29.9 Å². The van der Waals surface area contributed by atoms with Crippen LogP contribution in [0.25, 0.3) is 0 Å². The van der Waals surface area contributed by atoms with Crippen LogP contribution in [0.1, 0.15) is 38.4 Å². The fraction of sp³-hybridized carbons (Fsp3) is 0.632. The number of nitrogens with zero attached hydrogens (tertiary/aromatic N) is 2. The van der Waals surface area contributed by atoms with Gasteiger partial charge in [0, 0.05) is 25.2 Å². The Kier molecular flexibility index (Phi) is 10.1. The molecule has 1 aliphatic rings. The molecular formula is C19H32IN3O3. The zero-order valence-corrected chi connectivity index (χ0v) is 18.5. The number of hydrogen-bond acceptors (Lipinski definition) is 4. The van der Waals surface area contributed by atoms with Crippen LogP contribution in [0.5, 0.6) is 11.5 Å². The van der Waals surface area contributed by atoms with Gasteiger partial charge in [-0.2, -0.15) is 0 Å². The topological polar surface area (TPSA) is 66.3 Å². The van der Waals surface area contributed by atoms with Crippen LogP contribution in [0, 0.1) is 5.92 Å². The summed E-state index contributed by atoms with van der Waals surface area (Å²) in [5, 5.41) is 14.0. The van der Waals surface area contributed by atoms with Gasteiger partial charge in [-0.05, 0) is 43.9 Å². The van der Waals surface area contributed by atoms with Crippen molar-refractivity contribution in [2.45, 2.75) is 32.8 Å². The highest BCUT2D eigenvalue weighted by Gasteiger charge is 2.20. The highest BCUT2D eigenvalue weighted by molar-refractivity contribution is 14.0. The van der Waals surface area contributed by atoms with Crippen LogP contribution >= 0.6 is 24.0 Å². The Morgan fingerprint density at radius 2 is 2.15 bits per heavy atom. The van der Waals surface area contributed by atoms with Gasteiger partial charge in [-0.25, -0.2) is 0 Å². The van der Waals surface area contributed by atoms with Gasteiger partial charge in [-0.15, -0.1) is 24.0 Å². The third-order valence-electron chi connectivity index (χ3n) is 4.50. The maximum Gasteiger partial charge on any atom is 0.194 e. The Hall–Kier alpha value is -1.22. The number of aliphatic hydroxyl groups excluding tert-OH is 1. The van der Waals surface area contributed by atoms with Crippen molar-refractivity contribution in [2.75, 3.05) is 40.4 Å². The van der Waals surface area contributed by atoms with E-state index in [2.05, 4.69) is 29.1 Å². The van der Waals surface area contributed by atoms with E-state index < -0.39 is 6.10 Å². The number of hydrogen-bond donors (Lipinski definition) is 2. The zero-order valence-electron chi connectivity index (χ0n) is 16.2. The van der Waals surface area contributed by atoms with E-state index in [0.717, 1.165) is 25.6 Å². The molecule has 0 radical (unpaired) electrons. The Labute approximate surface area is 174 Å². The van der Waals surface area contributed by atoms with Crippen molar-refractivity contribution in [1.82, 2.24) is 10.2 Å². The highest BCUT2D eigenvalue weighted by Crippen LogP contribution is 2.29. The number of benzene rings is 1. The third kappa shape index (κ3) is 6.19. The smallest absolute Gasteiger partial charge is 0.194 e. The first-order valence-corrected chi connectivity index (χ1v) is 9.02. The first kappa shape index (κ1) is 22.8. The second kappa shape index (κ2) is 11.5. The summed E-state index contributed by atoms with van der Waals surface area (Å²) in [4.78, 5) is 6.95. The summed E-state index contributed by atoms with van der Waals surface area (Å²) >= 11 is 0. The quantitative estimate of drug-likeness (QED) is 0.375. The summed E-state index contributed by atoms with van der Waals surface area (Å²) in [6, 6.07) is 5.42. The molecule has 26 heavy (non-hydrogen) atoms. The SMILES string of the molecule is CCNC(=NCC(O)c1cc(OC)ccc1OC)N1CCCC(C)C1.I. The van der Waals surface area contributed by atoms with Crippen molar-refractivity contribution in [2.24, 2.45) is 10.9 Å². The van der Waals surface area contributed by atoms with Gasteiger partial charge in [-0.1, -0.05) is 6.92 Å². The van der Waals surface area contributed by atoms with Crippen LogP contribution in [0.3, 0.4) is 0 Å². The van der Waals surface area contributed by atoms with Gasteiger partial charge in [0.1, 0.15) is 17.6 Å². The molecule has 2 atom stereocenters. The molecule has 1 heterocycles. The number of methoxy groups -OCH3 is 2. The van der Waals surface area contributed by atoms with E-state index >= 15 is 0 Å².